The van der Waals surface area contributed by atoms with Crippen LogP contribution < -0.4 is 10.6 Å². The van der Waals surface area contributed by atoms with Crippen LogP contribution in [0.2, 0.25) is 0 Å². The fourth-order valence-electron chi connectivity index (χ4n) is 2.04. The van der Waals surface area contributed by atoms with Gasteiger partial charge in [0.15, 0.2) is 0 Å². The second kappa shape index (κ2) is 4.34. The molecule has 1 aliphatic heterocycles. The van der Waals surface area contributed by atoms with E-state index in [1.807, 2.05) is 6.07 Å². The molecule has 1 atom stereocenters. The molecule has 0 fully saturated rings. The van der Waals surface area contributed by atoms with Crippen LogP contribution >= 0.6 is 0 Å². The molecule has 2 rings (SSSR count). The number of para-hydroxylation sites is 1. The maximum absolute atomic E-state index is 11.1. The Balaban J connectivity index is 1.99. The summed E-state index contributed by atoms with van der Waals surface area (Å²) in [6.45, 7) is 0.955. The minimum atomic E-state index is 0.124. The van der Waals surface area contributed by atoms with Crippen molar-refractivity contribution in [3.05, 3.63) is 29.8 Å². The number of benzene rings is 1. The van der Waals surface area contributed by atoms with Crippen LogP contribution in [0.1, 0.15) is 24.3 Å². The molecule has 0 radical (unpaired) electrons. The second-order valence-corrected chi connectivity index (χ2v) is 3.88. The molecular formula is C12H16N2O. The molecule has 0 spiro atoms. The number of amides is 1. The molecule has 1 heterocycles. The van der Waals surface area contributed by atoms with Crippen LogP contribution in [-0.4, -0.2) is 19.5 Å². The number of carbonyl (C=O) groups is 1. The monoisotopic (exact) mass is 204 g/mol. The van der Waals surface area contributed by atoms with Gasteiger partial charge in [-0.25, -0.2) is 0 Å². The topological polar surface area (TPSA) is 41.1 Å². The van der Waals surface area contributed by atoms with Crippen molar-refractivity contribution in [3.63, 3.8) is 0 Å². The SMILES string of the molecule is CNC(=O)CCC1CNc2ccccc21. The van der Waals surface area contributed by atoms with E-state index in [0.717, 1.165) is 13.0 Å². The quantitative estimate of drug-likeness (QED) is 0.787. The van der Waals surface area contributed by atoms with Crippen molar-refractivity contribution in [2.45, 2.75) is 18.8 Å². The Labute approximate surface area is 89.9 Å². The molecule has 15 heavy (non-hydrogen) atoms. The van der Waals surface area contributed by atoms with Gasteiger partial charge in [-0.15, -0.1) is 0 Å². The van der Waals surface area contributed by atoms with Gasteiger partial charge in [0.05, 0.1) is 0 Å². The number of carbonyl (C=O) groups excluding carboxylic acids is 1. The van der Waals surface area contributed by atoms with E-state index in [9.17, 15) is 4.79 Å². The molecule has 1 unspecified atom stereocenters. The number of rotatable bonds is 3. The van der Waals surface area contributed by atoms with Crippen LogP contribution in [0.15, 0.2) is 24.3 Å². The van der Waals surface area contributed by atoms with Gasteiger partial charge in [-0.3, -0.25) is 4.79 Å². The van der Waals surface area contributed by atoms with E-state index in [1.165, 1.54) is 11.3 Å². The van der Waals surface area contributed by atoms with Crippen molar-refractivity contribution in [1.82, 2.24) is 5.32 Å². The highest BCUT2D eigenvalue weighted by Crippen LogP contribution is 2.33. The van der Waals surface area contributed by atoms with Gasteiger partial charge in [0.1, 0.15) is 0 Å². The number of hydrogen-bond acceptors (Lipinski definition) is 2. The fraction of sp³-hybridized carbons (Fsp3) is 0.417. The third kappa shape index (κ3) is 2.12. The lowest BCUT2D eigenvalue weighted by molar-refractivity contribution is -0.120. The molecule has 80 valence electrons. The Bertz CT molecular complexity index is 362. The lowest BCUT2D eigenvalue weighted by Crippen LogP contribution is -2.18. The third-order valence-electron chi connectivity index (χ3n) is 2.94. The van der Waals surface area contributed by atoms with Gasteiger partial charge in [0, 0.05) is 31.6 Å². The van der Waals surface area contributed by atoms with E-state index in [0.29, 0.717) is 12.3 Å². The van der Waals surface area contributed by atoms with Crippen LogP contribution in [0.4, 0.5) is 5.69 Å². The number of fused-ring (bicyclic) bond motifs is 1. The van der Waals surface area contributed by atoms with Crippen molar-refractivity contribution in [2.75, 3.05) is 18.9 Å². The summed E-state index contributed by atoms with van der Waals surface area (Å²) in [5.74, 6) is 0.609. The van der Waals surface area contributed by atoms with E-state index in [1.54, 1.807) is 7.05 Å². The summed E-state index contributed by atoms with van der Waals surface area (Å²) in [6.07, 6.45) is 1.53. The first-order valence-electron chi connectivity index (χ1n) is 5.34. The Kier molecular flexibility index (Phi) is 2.90. The summed E-state index contributed by atoms with van der Waals surface area (Å²) >= 11 is 0. The van der Waals surface area contributed by atoms with E-state index < -0.39 is 0 Å². The van der Waals surface area contributed by atoms with Crippen LogP contribution in [-0.2, 0) is 4.79 Å². The van der Waals surface area contributed by atoms with Crippen LogP contribution in [0.5, 0.6) is 0 Å². The summed E-state index contributed by atoms with van der Waals surface area (Å²) in [7, 11) is 1.68. The van der Waals surface area contributed by atoms with Gasteiger partial charge >= 0.3 is 0 Å². The van der Waals surface area contributed by atoms with Crippen molar-refractivity contribution < 1.29 is 4.79 Å². The molecule has 1 aromatic rings. The Morgan fingerprint density at radius 2 is 2.33 bits per heavy atom. The minimum absolute atomic E-state index is 0.124. The smallest absolute Gasteiger partial charge is 0.219 e. The normalized spacial score (nSPS) is 18.1. The van der Waals surface area contributed by atoms with E-state index in [4.69, 9.17) is 0 Å². The van der Waals surface area contributed by atoms with Crippen LogP contribution in [0, 0.1) is 0 Å². The highest BCUT2D eigenvalue weighted by molar-refractivity contribution is 5.75. The van der Waals surface area contributed by atoms with Gasteiger partial charge in [0.2, 0.25) is 5.91 Å². The largest absolute Gasteiger partial charge is 0.384 e. The number of hydrogen-bond donors (Lipinski definition) is 2. The molecule has 2 N–H and O–H groups in total. The van der Waals surface area contributed by atoms with Crippen molar-refractivity contribution >= 4 is 11.6 Å². The Hall–Kier alpha value is -1.51. The van der Waals surface area contributed by atoms with Crippen molar-refractivity contribution in [3.8, 4) is 0 Å². The molecule has 0 saturated heterocycles. The van der Waals surface area contributed by atoms with Crippen molar-refractivity contribution in [2.24, 2.45) is 0 Å². The maximum Gasteiger partial charge on any atom is 0.219 e. The second-order valence-electron chi connectivity index (χ2n) is 3.88. The first kappa shape index (κ1) is 10.0. The molecule has 1 aromatic carbocycles. The lowest BCUT2D eigenvalue weighted by atomic mass is 9.96. The Morgan fingerprint density at radius 3 is 3.13 bits per heavy atom. The molecule has 0 aromatic heterocycles. The average molecular weight is 204 g/mol. The summed E-state index contributed by atoms with van der Waals surface area (Å²) in [6, 6.07) is 8.32. The average Bonchev–Trinajstić information content (AvgIpc) is 2.69. The first-order chi connectivity index (χ1) is 7.31. The summed E-state index contributed by atoms with van der Waals surface area (Å²) < 4.78 is 0. The number of nitrogens with one attached hydrogen (secondary N) is 2. The third-order valence-corrected chi connectivity index (χ3v) is 2.94. The van der Waals surface area contributed by atoms with Crippen LogP contribution in [0.25, 0.3) is 0 Å². The summed E-state index contributed by atoms with van der Waals surface area (Å²) in [5, 5.41) is 6.01. The highest BCUT2D eigenvalue weighted by atomic mass is 16.1. The molecule has 0 saturated carbocycles. The minimum Gasteiger partial charge on any atom is -0.384 e. The van der Waals surface area contributed by atoms with Gasteiger partial charge in [-0.05, 0) is 18.1 Å². The van der Waals surface area contributed by atoms with E-state index in [2.05, 4.69) is 28.8 Å². The zero-order chi connectivity index (χ0) is 10.7. The maximum atomic E-state index is 11.1. The van der Waals surface area contributed by atoms with Gasteiger partial charge in [-0.2, -0.15) is 0 Å². The predicted octanol–water partition coefficient (Wildman–Crippen LogP) is 1.72. The van der Waals surface area contributed by atoms with Gasteiger partial charge < -0.3 is 10.6 Å². The van der Waals surface area contributed by atoms with Crippen LogP contribution in [0.3, 0.4) is 0 Å². The molecule has 3 heteroatoms. The highest BCUT2D eigenvalue weighted by Gasteiger charge is 2.21. The van der Waals surface area contributed by atoms with E-state index >= 15 is 0 Å². The zero-order valence-corrected chi connectivity index (χ0v) is 8.92. The molecular weight excluding hydrogens is 188 g/mol. The van der Waals surface area contributed by atoms with Gasteiger partial charge in [-0.1, -0.05) is 18.2 Å². The fourth-order valence-corrected chi connectivity index (χ4v) is 2.04. The zero-order valence-electron chi connectivity index (χ0n) is 8.92. The van der Waals surface area contributed by atoms with Crippen molar-refractivity contribution in [1.29, 1.82) is 0 Å². The number of anilines is 1. The first-order valence-corrected chi connectivity index (χ1v) is 5.34. The lowest BCUT2D eigenvalue weighted by Gasteiger charge is -2.08. The summed E-state index contributed by atoms with van der Waals surface area (Å²) in [5.41, 5.74) is 2.57. The molecule has 0 bridgehead atoms. The molecule has 1 aliphatic rings. The molecule has 1 amide bonds. The Morgan fingerprint density at radius 1 is 1.53 bits per heavy atom. The van der Waals surface area contributed by atoms with E-state index in [-0.39, 0.29) is 5.91 Å². The summed E-state index contributed by atoms with van der Waals surface area (Å²) in [4.78, 5) is 11.1. The van der Waals surface area contributed by atoms with Gasteiger partial charge in [0.25, 0.3) is 0 Å². The molecule has 0 aliphatic carbocycles. The standard InChI is InChI=1S/C12H16N2O/c1-13-12(15)7-6-9-8-14-11-5-3-2-4-10(9)11/h2-5,9,14H,6-8H2,1H3,(H,13,15). The predicted molar refractivity (Wildman–Crippen MR) is 61.0 cm³/mol. The molecule has 3 nitrogen and oxygen atoms in total.